The van der Waals surface area contributed by atoms with Crippen LogP contribution in [0.15, 0.2) is 43.0 Å². The zero-order valence-corrected chi connectivity index (χ0v) is 15.1. The molecule has 1 fully saturated rings. The highest BCUT2D eigenvalue weighted by molar-refractivity contribution is 5.59. The summed E-state index contributed by atoms with van der Waals surface area (Å²) in [6, 6.07) is 8.92. The molecule has 0 unspecified atom stereocenters. The number of rotatable bonds is 2. The summed E-state index contributed by atoms with van der Waals surface area (Å²) in [5.41, 5.74) is 8.69. The number of hydrogen-bond acceptors (Lipinski definition) is 2. The Morgan fingerprint density at radius 3 is 2.42 bits per heavy atom. The third-order valence-corrected chi connectivity index (χ3v) is 3.93. The highest BCUT2D eigenvalue weighted by atomic mass is 19.1. The van der Waals surface area contributed by atoms with Gasteiger partial charge in [0, 0.05) is 23.2 Å². The summed E-state index contributed by atoms with van der Waals surface area (Å²) in [5, 5.41) is 7.39. The maximum absolute atomic E-state index is 13.2. The van der Waals surface area contributed by atoms with Gasteiger partial charge in [-0.3, -0.25) is 5.10 Å². The van der Waals surface area contributed by atoms with Gasteiger partial charge in [-0.1, -0.05) is 32.1 Å². The average Bonchev–Trinajstić information content (AvgIpc) is 3.08. The molecule has 0 amide bonds. The van der Waals surface area contributed by atoms with Gasteiger partial charge in [0.1, 0.15) is 5.82 Å². The van der Waals surface area contributed by atoms with E-state index in [1.165, 1.54) is 12.1 Å². The number of aromatic nitrogens is 2. The molecule has 24 heavy (non-hydrogen) atoms. The highest BCUT2D eigenvalue weighted by Gasteiger charge is 2.21. The summed E-state index contributed by atoms with van der Waals surface area (Å²) in [6.07, 6.45) is 6.09. The molecule has 2 aromatic rings. The van der Waals surface area contributed by atoms with Gasteiger partial charge in [-0.05, 0) is 50.8 Å². The third-order valence-electron chi connectivity index (χ3n) is 3.93. The molecule has 3 nitrogen and oxygen atoms in total. The Kier molecular flexibility index (Phi) is 9.02. The van der Waals surface area contributed by atoms with Gasteiger partial charge in [0.05, 0.1) is 5.69 Å². The van der Waals surface area contributed by atoms with Crippen LogP contribution in [-0.2, 0) is 0 Å². The second-order valence-electron chi connectivity index (χ2n) is 5.74. The summed E-state index contributed by atoms with van der Waals surface area (Å²) < 4.78 is 13.2. The second-order valence-corrected chi connectivity index (χ2v) is 5.74. The molecular weight excluding hydrogens is 301 g/mol. The van der Waals surface area contributed by atoms with Crippen molar-refractivity contribution in [1.29, 1.82) is 0 Å². The van der Waals surface area contributed by atoms with Crippen molar-refractivity contribution in [2.75, 3.05) is 0 Å². The molecule has 0 spiro atoms. The summed E-state index contributed by atoms with van der Waals surface area (Å²) >= 11 is 0. The minimum absolute atomic E-state index is 0.231. The lowest BCUT2D eigenvalue weighted by atomic mass is 9.84. The molecule has 1 heterocycles. The first-order chi connectivity index (χ1) is 11.6. The SMILES string of the molecule is C=CC.CC.NC1CCC(c2cc(-c3cccc(F)c3)n[nH]2)CC1. The summed E-state index contributed by atoms with van der Waals surface area (Å²) in [4.78, 5) is 0. The van der Waals surface area contributed by atoms with Crippen LogP contribution in [-0.4, -0.2) is 16.2 Å². The Bertz CT molecular complexity index is 598. The molecule has 132 valence electrons. The van der Waals surface area contributed by atoms with Crippen molar-refractivity contribution in [1.82, 2.24) is 10.2 Å². The first-order valence-electron chi connectivity index (χ1n) is 8.78. The number of nitrogens with two attached hydrogens (primary N) is 1. The molecular formula is C20H30FN3. The van der Waals surface area contributed by atoms with Gasteiger partial charge in [-0.25, -0.2) is 4.39 Å². The molecule has 1 aliphatic carbocycles. The number of hydrogen-bond donors (Lipinski definition) is 2. The monoisotopic (exact) mass is 331 g/mol. The summed E-state index contributed by atoms with van der Waals surface area (Å²) in [5.74, 6) is 0.278. The van der Waals surface area contributed by atoms with Gasteiger partial charge >= 0.3 is 0 Å². The quantitative estimate of drug-likeness (QED) is 0.722. The van der Waals surface area contributed by atoms with E-state index in [-0.39, 0.29) is 5.82 Å². The van der Waals surface area contributed by atoms with E-state index in [0.717, 1.165) is 42.6 Å². The van der Waals surface area contributed by atoms with Crippen LogP contribution in [0.1, 0.15) is 58.1 Å². The third kappa shape index (κ3) is 5.93. The number of nitrogens with zero attached hydrogens (tertiary/aromatic N) is 1. The fourth-order valence-electron chi connectivity index (χ4n) is 2.77. The predicted molar refractivity (Wildman–Crippen MR) is 100 cm³/mol. The van der Waals surface area contributed by atoms with E-state index in [2.05, 4.69) is 16.8 Å². The van der Waals surface area contributed by atoms with Gasteiger partial charge in [0.25, 0.3) is 0 Å². The highest BCUT2D eigenvalue weighted by Crippen LogP contribution is 2.32. The minimum Gasteiger partial charge on any atom is -0.328 e. The van der Waals surface area contributed by atoms with Gasteiger partial charge in [0.2, 0.25) is 0 Å². The lowest BCUT2D eigenvalue weighted by Gasteiger charge is -2.24. The Morgan fingerprint density at radius 2 is 1.83 bits per heavy atom. The molecule has 1 aromatic carbocycles. The number of allylic oxidation sites excluding steroid dienone is 1. The molecule has 0 atom stereocenters. The number of H-pyrrole nitrogens is 1. The molecule has 4 heteroatoms. The van der Waals surface area contributed by atoms with Crippen LogP contribution in [0.2, 0.25) is 0 Å². The molecule has 0 saturated heterocycles. The van der Waals surface area contributed by atoms with Gasteiger partial charge in [-0.2, -0.15) is 5.10 Å². The zero-order chi connectivity index (χ0) is 17.9. The Morgan fingerprint density at radius 1 is 1.21 bits per heavy atom. The molecule has 0 bridgehead atoms. The molecule has 3 rings (SSSR count). The van der Waals surface area contributed by atoms with Crippen molar-refractivity contribution in [2.24, 2.45) is 5.73 Å². The van der Waals surface area contributed by atoms with E-state index in [1.54, 1.807) is 12.1 Å². The summed E-state index contributed by atoms with van der Waals surface area (Å²) in [7, 11) is 0. The van der Waals surface area contributed by atoms with E-state index in [9.17, 15) is 4.39 Å². The molecule has 0 radical (unpaired) electrons. The van der Waals surface area contributed by atoms with Gasteiger partial charge in [-0.15, -0.1) is 6.58 Å². The van der Waals surface area contributed by atoms with E-state index in [0.29, 0.717) is 12.0 Å². The van der Waals surface area contributed by atoms with Crippen molar-refractivity contribution >= 4 is 0 Å². The van der Waals surface area contributed by atoms with Crippen molar-refractivity contribution < 1.29 is 4.39 Å². The number of halogens is 1. The lowest BCUT2D eigenvalue weighted by molar-refractivity contribution is 0.390. The maximum Gasteiger partial charge on any atom is 0.123 e. The topological polar surface area (TPSA) is 54.7 Å². The van der Waals surface area contributed by atoms with Crippen molar-refractivity contribution in [3.63, 3.8) is 0 Å². The van der Waals surface area contributed by atoms with Crippen LogP contribution in [0, 0.1) is 5.82 Å². The number of benzene rings is 1. The average molecular weight is 331 g/mol. The van der Waals surface area contributed by atoms with Crippen LogP contribution in [0.3, 0.4) is 0 Å². The van der Waals surface area contributed by atoms with Crippen LogP contribution >= 0.6 is 0 Å². The standard InChI is InChI=1S/C15H18FN3.C3H6.C2H6/c16-12-3-1-2-11(8-12)15-9-14(18-19-15)10-4-6-13(17)7-5-10;1-3-2;1-2/h1-3,8-10,13H,4-7,17H2,(H,18,19);3H,1H2,2H3;1-2H3. The second kappa shape index (κ2) is 10.8. The maximum atomic E-state index is 13.2. The van der Waals surface area contributed by atoms with E-state index < -0.39 is 0 Å². The fourth-order valence-corrected chi connectivity index (χ4v) is 2.77. The van der Waals surface area contributed by atoms with Crippen LogP contribution < -0.4 is 5.73 Å². The van der Waals surface area contributed by atoms with Crippen LogP contribution in [0.25, 0.3) is 11.3 Å². The Balaban J connectivity index is 0.000000521. The van der Waals surface area contributed by atoms with E-state index in [4.69, 9.17) is 5.73 Å². The number of nitrogens with one attached hydrogen (secondary N) is 1. The molecule has 0 aliphatic heterocycles. The molecule has 1 aliphatic rings. The fraction of sp³-hybridized carbons (Fsp3) is 0.450. The van der Waals surface area contributed by atoms with Crippen molar-refractivity contribution in [3.05, 3.63) is 54.5 Å². The Hall–Kier alpha value is -1.94. The predicted octanol–water partition coefficient (Wildman–Crippen LogP) is 5.42. The van der Waals surface area contributed by atoms with E-state index >= 15 is 0 Å². The first-order valence-corrected chi connectivity index (χ1v) is 8.78. The normalized spacial score (nSPS) is 19.4. The molecule has 3 N–H and O–H groups in total. The zero-order valence-electron chi connectivity index (χ0n) is 15.1. The smallest absolute Gasteiger partial charge is 0.123 e. The first kappa shape index (κ1) is 20.1. The minimum atomic E-state index is -0.231. The van der Waals surface area contributed by atoms with E-state index in [1.807, 2.05) is 32.9 Å². The lowest BCUT2D eigenvalue weighted by Crippen LogP contribution is -2.25. The van der Waals surface area contributed by atoms with Crippen LogP contribution in [0.4, 0.5) is 4.39 Å². The van der Waals surface area contributed by atoms with Crippen molar-refractivity contribution in [3.8, 4) is 11.3 Å². The van der Waals surface area contributed by atoms with Gasteiger partial charge < -0.3 is 5.73 Å². The molecule has 1 saturated carbocycles. The largest absolute Gasteiger partial charge is 0.328 e. The summed E-state index contributed by atoms with van der Waals surface area (Å²) in [6.45, 7) is 9.25. The Labute approximate surface area is 145 Å². The number of aromatic amines is 1. The van der Waals surface area contributed by atoms with Crippen molar-refractivity contribution in [2.45, 2.75) is 58.4 Å². The molecule has 1 aromatic heterocycles. The van der Waals surface area contributed by atoms with Gasteiger partial charge in [0.15, 0.2) is 0 Å². The van der Waals surface area contributed by atoms with Crippen LogP contribution in [0.5, 0.6) is 0 Å².